The quantitative estimate of drug-likeness (QED) is 0.764. The lowest BCUT2D eigenvalue weighted by Gasteiger charge is -2.05. The molecule has 0 unspecified atom stereocenters. The van der Waals surface area contributed by atoms with Crippen LogP contribution < -0.4 is 4.74 Å². The van der Waals surface area contributed by atoms with Gasteiger partial charge < -0.3 is 9.84 Å². The molecule has 1 heterocycles. The Hall–Kier alpha value is -2.66. The summed E-state index contributed by atoms with van der Waals surface area (Å²) in [7, 11) is 0. The average Bonchev–Trinajstić information content (AvgIpc) is 2.91. The molecule has 0 aliphatic rings. The molecule has 1 N–H and O–H groups in total. The minimum atomic E-state index is -0.940. The molecule has 0 atom stereocenters. The van der Waals surface area contributed by atoms with Crippen LogP contribution in [0.1, 0.15) is 15.4 Å². The predicted molar refractivity (Wildman–Crippen MR) is 85.8 cm³/mol. The van der Waals surface area contributed by atoms with Gasteiger partial charge in [0.15, 0.2) is 0 Å². The fourth-order valence-corrected chi connectivity index (χ4v) is 2.92. The zero-order chi connectivity index (χ0) is 15.5. The molecule has 110 valence electrons. The van der Waals surface area contributed by atoms with E-state index in [1.165, 1.54) is 11.3 Å². The molecular weight excluding hydrogens is 298 g/mol. The zero-order valence-corrected chi connectivity index (χ0v) is 12.6. The standard InChI is InChI=1S/C17H13NO3S/c1-11-15(17(19)20)22-16(18-11)12-7-9-14(10-8-12)21-13-5-3-2-4-6-13/h2-10H,1H3,(H,19,20). The van der Waals surface area contributed by atoms with Gasteiger partial charge in [0.2, 0.25) is 0 Å². The van der Waals surface area contributed by atoms with Crippen molar-refractivity contribution in [3.8, 4) is 22.1 Å². The van der Waals surface area contributed by atoms with Gasteiger partial charge in [0, 0.05) is 5.56 Å². The SMILES string of the molecule is Cc1nc(-c2ccc(Oc3ccccc3)cc2)sc1C(=O)O. The fourth-order valence-electron chi connectivity index (χ4n) is 2.01. The van der Waals surface area contributed by atoms with Crippen LogP contribution in [0.2, 0.25) is 0 Å². The molecular formula is C17H13NO3S. The van der Waals surface area contributed by atoms with Crippen LogP contribution in [0.3, 0.4) is 0 Å². The maximum Gasteiger partial charge on any atom is 0.347 e. The summed E-state index contributed by atoms with van der Waals surface area (Å²) < 4.78 is 5.73. The number of aromatic nitrogens is 1. The predicted octanol–water partition coefficient (Wildman–Crippen LogP) is 4.61. The molecule has 0 aliphatic carbocycles. The summed E-state index contributed by atoms with van der Waals surface area (Å²) in [6.07, 6.45) is 0. The Morgan fingerprint density at radius 2 is 1.68 bits per heavy atom. The Labute approximate surface area is 131 Å². The topological polar surface area (TPSA) is 59.4 Å². The van der Waals surface area contributed by atoms with Gasteiger partial charge in [-0.1, -0.05) is 18.2 Å². The number of carboxylic acid groups (broad SMARTS) is 1. The van der Waals surface area contributed by atoms with Crippen LogP contribution in [0.4, 0.5) is 0 Å². The lowest BCUT2D eigenvalue weighted by Crippen LogP contribution is -1.94. The second-order valence-electron chi connectivity index (χ2n) is 4.68. The Bertz CT molecular complexity index is 795. The number of ether oxygens (including phenoxy) is 1. The van der Waals surface area contributed by atoms with Crippen molar-refractivity contribution >= 4 is 17.3 Å². The number of benzene rings is 2. The molecule has 4 nitrogen and oxygen atoms in total. The van der Waals surface area contributed by atoms with Crippen molar-refractivity contribution in [2.75, 3.05) is 0 Å². The number of thiazole rings is 1. The third-order valence-corrected chi connectivity index (χ3v) is 4.27. The van der Waals surface area contributed by atoms with Crippen molar-refractivity contribution < 1.29 is 14.6 Å². The Balaban J connectivity index is 1.82. The van der Waals surface area contributed by atoms with E-state index in [4.69, 9.17) is 9.84 Å². The zero-order valence-electron chi connectivity index (χ0n) is 11.8. The molecule has 3 rings (SSSR count). The maximum absolute atomic E-state index is 11.1. The average molecular weight is 311 g/mol. The molecule has 1 aromatic heterocycles. The lowest BCUT2D eigenvalue weighted by molar-refractivity contribution is 0.0701. The van der Waals surface area contributed by atoms with Gasteiger partial charge in [0.05, 0.1) is 5.69 Å². The van der Waals surface area contributed by atoms with Crippen LogP contribution in [-0.2, 0) is 0 Å². The highest BCUT2D eigenvalue weighted by atomic mass is 32.1. The summed E-state index contributed by atoms with van der Waals surface area (Å²) in [6, 6.07) is 17.0. The molecule has 0 spiro atoms. The molecule has 0 saturated carbocycles. The number of nitrogens with zero attached hydrogens (tertiary/aromatic N) is 1. The number of hydrogen-bond acceptors (Lipinski definition) is 4. The molecule has 5 heteroatoms. The fraction of sp³-hybridized carbons (Fsp3) is 0.0588. The highest BCUT2D eigenvalue weighted by Crippen LogP contribution is 2.30. The molecule has 0 amide bonds. The molecule has 0 fully saturated rings. The number of hydrogen-bond donors (Lipinski definition) is 1. The van der Waals surface area contributed by atoms with Gasteiger partial charge in [-0.25, -0.2) is 9.78 Å². The number of rotatable bonds is 4. The van der Waals surface area contributed by atoms with Gasteiger partial charge in [-0.05, 0) is 43.3 Å². The van der Waals surface area contributed by atoms with E-state index < -0.39 is 5.97 Å². The van der Waals surface area contributed by atoms with Gasteiger partial charge in [0.1, 0.15) is 21.4 Å². The molecule has 3 aromatic rings. The van der Waals surface area contributed by atoms with Crippen LogP contribution >= 0.6 is 11.3 Å². The van der Waals surface area contributed by atoms with E-state index >= 15 is 0 Å². The van der Waals surface area contributed by atoms with Crippen LogP contribution in [0.25, 0.3) is 10.6 Å². The van der Waals surface area contributed by atoms with Crippen molar-refractivity contribution in [2.24, 2.45) is 0 Å². The largest absolute Gasteiger partial charge is 0.477 e. The van der Waals surface area contributed by atoms with Gasteiger partial charge >= 0.3 is 5.97 Å². The highest BCUT2D eigenvalue weighted by Gasteiger charge is 2.14. The first kappa shape index (κ1) is 14.3. The second-order valence-corrected chi connectivity index (χ2v) is 5.68. The van der Waals surface area contributed by atoms with Gasteiger partial charge in [-0.15, -0.1) is 11.3 Å². The number of carboxylic acids is 1. The van der Waals surface area contributed by atoms with E-state index in [1.54, 1.807) is 6.92 Å². The van der Waals surface area contributed by atoms with E-state index in [0.29, 0.717) is 10.7 Å². The van der Waals surface area contributed by atoms with Crippen molar-refractivity contribution in [3.05, 3.63) is 65.2 Å². The molecule has 0 saturated heterocycles. The van der Waals surface area contributed by atoms with E-state index in [2.05, 4.69) is 4.98 Å². The summed E-state index contributed by atoms with van der Waals surface area (Å²) in [5, 5.41) is 9.78. The lowest BCUT2D eigenvalue weighted by atomic mass is 10.2. The summed E-state index contributed by atoms with van der Waals surface area (Å²) in [5.74, 6) is 0.556. The van der Waals surface area contributed by atoms with Gasteiger partial charge in [-0.3, -0.25) is 0 Å². The van der Waals surface area contributed by atoms with Crippen LogP contribution in [0.5, 0.6) is 11.5 Å². The van der Waals surface area contributed by atoms with Crippen molar-refractivity contribution in [1.82, 2.24) is 4.98 Å². The van der Waals surface area contributed by atoms with Crippen LogP contribution in [0, 0.1) is 6.92 Å². The van der Waals surface area contributed by atoms with Crippen LogP contribution in [-0.4, -0.2) is 16.1 Å². The van der Waals surface area contributed by atoms with Gasteiger partial charge in [0.25, 0.3) is 0 Å². The summed E-state index contributed by atoms with van der Waals surface area (Å²) in [6.45, 7) is 1.70. The van der Waals surface area contributed by atoms with Crippen LogP contribution in [0.15, 0.2) is 54.6 Å². The number of carbonyl (C=O) groups is 1. The number of aromatic carboxylic acids is 1. The molecule has 22 heavy (non-hydrogen) atoms. The summed E-state index contributed by atoms with van der Waals surface area (Å²) in [5.41, 5.74) is 1.41. The van der Waals surface area contributed by atoms with E-state index in [0.717, 1.165) is 17.1 Å². The third kappa shape index (κ3) is 2.99. The Morgan fingerprint density at radius 1 is 1.05 bits per heavy atom. The Kier molecular flexibility index (Phi) is 3.89. The summed E-state index contributed by atoms with van der Waals surface area (Å²) >= 11 is 1.18. The highest BCUT2D eigenvalue weighted by molar-refractivity contribution is 7.17. The van der Waals surface area contributed by atoms with Crippen molar-refractivity contribution in [1.29, 1.82) is 0 Å². The molecule has 0 bridgehead atoms. The Morgan fingerprint density at radius 3 is 2.27 bits per heavy atom. The van der Waals surface area contributed by atoms with Crippen molar-refractivity contribution in [2.45, 2.75) is 6.92 Å². The first-order chi connectivity index (χ1) is 10.6. The van der Waals surface area contributed by atoms with E-state index in [1.807, 2.05) is 54.6 Å². The normalized spacial score (nSPS) is 10.4. The molecule has 2 aromatic carbocycles. The first-order valence-corrected chi connectivity index (χ1v) is 7.49. The monoisotopic (exact) mass is 311 g/mol. The smallest absolute Gasteiger partial charge is 0.347 e. The minimum absolute atomic E-state index is 0.277. The number of aryl methyl sites for hydroxylation is 1. The minimum Gasteiger partial charge on any atom is -0.477 e. The molecule has 0 aliphatic heterocycles. The van der Waals surface area contributed by atoms with E-state index in [9.17, 15) is 4.79 Å². The number of para-hydroxylation sites is 1. The van der Waals surface area contributed by atoms with Crippen molar-refractivity contribution in [3.63, 3.8) is 0 Å². The van der Waals surface area contributed by atoms with Gasteiger partial charge in [-0.2, -0.15) is 0 Å². The third-order valence-electron chi connectivity index (χ3n) is 3.07. The first-order valence-electron chi connectivity index (χ1n) is 6.67. The summed E-state index contributed by atoms with van der Waals surface area (Å²) in [4.78, 5) is 15.7. The van der Waals surface area contributed by atoms with E-state index in [-0.39, 0.29) is 4.88 Å². The maximum atomic E-state index is 11.1. The second kappa shape index (κ2) is 5.99. The molecule has 0 radical (unpaired) electrons.